The average Bonchev–Trinajstić information content (AvgIpc) is 3.48. The monoisotopic (exact) mass is 467 g/mol. The Labute approximate surface area is 201 Å². The highest BCUT2D eigenvalue weighted by atomic mass is 16.5. The molecule has 0 aliphatic carbocycles. The SMILES string of the molecule is COCCCCn1c(C(=O)N(CC(C)C)[C@@H]2CNC[C@H](Cn3cncn3)C2)nc2ccccc21. The Balaban J connectivity index is 1.58. The van der Waals surface area contributed by atoms with Crippen molar-refractivity contribution >= 4 is 16.9 Å². The van der Waals surface area contributed by atoms with Gasteiger partial charge >= 0.3 is 0 Å². The van der Waals surface area contributed by atoms with Crippen LogP contribution in [0.3, 0.4) is 0 Å². The van der Waals surface area contributed by atoms with E-state index in [0.29, 0.717) is 24.2 Å². The second-order valence-electron chi connectivity index (χ2n) is 9.66. The van der Waals surface area contributed by atoms with Crippen LogP contribution < -0.4 is 5.32 Å². The zero-order valence-electron chi connectivity index (χ0n) is 20.6. The van der Waals surface area contributed by atoms with Crippen molar-refractivity contribution in [3.05, 3.63) is 42.7 Å². The molecule has 0 unspecified atom stereocenters. The number of fused-ring (bicyclic) bond motifs is 1. The number of para-hydroxylation sites is 2. The molecule has 1 amide bonds. The zero-order chi connectivity index (χ0) is 23.9. The number of aromatic nitrogens is 5. The van der Waals surface area contributed by atoms with E-state index in [2.05, 4.69) is 44.8 Å². The van der Waals surface area contributed by atoms with Crippen molar-refractivity contribution in [2.45, 2.75) is 52.2 Å². The lowest BCUT2D eigenvalue weighted by Crippen LogP contribution is -2.53. The molecule has 3 aromatic rings. The smallest absolute Gasteiger partial charge is 0.290 e. The summed E-state index contributed by atoms with van der Waals surface area (Å²) in [4.78, 5) is 25.0. The molecule has 2 aromatic heterocycles. The largest absolute Gasteiger partial charge is 0.385 e. The summed E-state index contributed by atoms with van der Waals surface area (Å²) in [5, 5.41) is 7.81. The lowest BCUT2D eigenvalue weighted by molar-refractivity contribution is 0.0563. The quantitative estimate of drug-likeness (QED) is 0.436. The van der Waals surface area contributed by atoms with Gasteiger partial charge in [-0.2, -0.15) is 5.10 Å². The van der Waals surface area contributed by atoms with Crippen LogP contribution in [0.2, 0.25) is 0 Å². The number of unbranched alkanes of at least 4 members (excludes halogenated alkanes) is 1. The lowest BCUT2D eigenvalue weighted by atomic mass is 9.94. The molecular weight excluding hydrogens is 430 g/mol. The molecule has 1 N–H and O–H groups in total. The van der Waals surface area contributed by atoms with Crippen molar-refractivity contribution in [2.24, 2.45) is 11.8 Å². The summed E-state index contributed by atoms with van der Waals surface area (Å²) in [5.41, 5.74) is 1.88. The number of aryl methyl sites for hydroxylation is 1. The summed E-state index contributed by atoms with van der Waals surface area (Å²) in [6.45, 7) is 9.00. The molecule has 34 heavy (non-hydrogen) atoms. The molecule has 1 fully saturated rings. The number of rotatable bonds is 11. The van der Waals surface area contributed by atoms with Gasteiger partial charge in [-0.05, 0) is 49.8 Å². The van der Waals surface area contributed by atoms with Gasteiger partial charge in [0.2, 0.25) is 0 Å². The maximum atomic E-state index is 14.0. The van der Waals surface area contributed by atoms with Gasteiger partial charge in [0.25, 0.3) is 5.91 Å². The molecule has 1 aliphatic heterocycles. The molecule has 1 aliphatic rings. The number of ether oxygens (including phenoxy) is 1. The number of hydrogen-bond donors (Lipinski definition) is 1. The molecular formula is C25H37N7O2. The molecule has 0 radical (unpaired) electrons. The van der Waals surface area contributed by atoms with Gasteiger partial charge in [-0.25, -0.2) is 9.97 Å². The number of methoxy groups -OCH3 is 1. The Bertz CT molecular complexity index is 1050. The Kier molecular flexibility index (Phi) is 8.29. The topological polar surface area (TPSA) is 90.1 Å². The van der Waals surface area contributed by atoms with Gasteiger partial charge in [0.1, 0.15) is 12.7 Å². The van der Waals surface area contributed by atoms with E-state index < -0.39 is 0 Å². The summed E-state index contributed by atoms with van der Waals surface area (Å²) in [7, 11) is 1.72. The number of nitrogens with one attached hydrogen (secondary N) is 1. The van der Waals surface area contributed by atoms with Crippen LogP contribution in [0.1, 0.15) is 43.7 Å². The molecule has 9 heteroatoms. The van der Waals surface area contributed by atoms with Crippen LogP contribution in [0, 0.1) is 11.8 Å². The fraction of sp³-hybridized carbons (Fsp3) is 0.600. The highest BCUT2D eigenvalue weighted by molar-refractivity contribution is 5.95. The number of nitrogens with zero attached hydrogens (tertiary/aromatic N) is 6. The predicted octanol–water partition coefficient (Wildman–Crippen LogP) is 2.83. The van der Waals surface area contributed by atoms with Gasteiger partial charge in [0, 0.05) is 45.9 Å². The third-order valence-electron chi connectivity index (χ3n) is 6.42. The fourth-order valence-electron chi connectivity index (χ4n) is 4.87. The minimum Gasteiger partial charge on any atom is -0.385 e. The molecule has 1 aromatic carbocycles. The summed E-state index contributed by atoms with van der Waals surface area (Å²) in [6, 6.07) is 8.14. The summed E-state index contributed by atoms with van der Waals surface area (Å²) in [6.07, 6.45) is 6.14. The maximum Gasteiger partial charge on any atom is 0.290 e. The first-order valence-corrected chi connectivity index (χ1v) is 12.3. The second kappa shape index (κ2) is 11.6. The normalized spacial score (nSPS) is 18.6. The Morgan fingerprint density at radius 2 is 2.12 bits per heavy atom. The zero-order valence-corrected chi connectivity index (χ0v) is 20.6. The first-order valence-electron chi connectivity index (χ1n) is 12.3. The number of piperidine rings is 1. The van der Waals surface area contributed by atoms with Crippen molar-refractivity contribution in [3.8, 4) is 0 Å². The molecule has 3 heterocycles. The summed E-state index contributed by atoms with van der Waals surface area (Å²) >= 11 is 0. The van der Waals surface area contributed by atoms with Gasteiger partial charge in [-0.3, -0.25) is 9.48 Å². The Hall–Kier alpha value is -2.78. The molecule has 1 saturated heterocycles. The van der Waals surface area contributed by atoms with E-state index in [9.17, 15) is 4.79 Å². The minimum absolute atomic E-state index is 0.0184. The first kappa shape index (κ1) is 24.3. The van der Waals surface area contributed by atoms with Gasteiger partial charge in [-0.15, -0.1) is 0 Å². The van der Waals surface area contributed by atoms with Gasteiger partial charge in [0.15, 0.2) is 5.82 Å². The van der Waals surface area contributed by atoms with Crippen LogP contribution in [0.25, 0.3) is 11.0 Å². The van der Waals surface area contributed by atoms with Crippen molar-refractivity contribution < 1.29 is 9.53 Å². The van der Waals surface area contributed by atoms with Crippen LogP contribution in [0.4, 0.5) is 0 Å². The van der Waals surface area contributed by atoms with E-state index >= 15 is 0 Å². The number of imidazole rings is 1. The van der Waals surface area contributed by atoms with E-state index in [-0.39, 0.29) is 11.9 Å². The number of benzene rings is 1. The maximum absolute atomic E-state index is 14.0. The standard InChI is InChI=1S/C25H37N7O2/c1-19(2)15-32(21-12-20(13-26-14-21)16-30-18-27-17-28-30)25(33)24-29-22-8-4-5-9-23(22)31(24)10-6-7-11-34-3/h4-5,8-9,17-21,26H,6-7,10-16H2,1-3H3/t20-,21+/m1/s1. The van der Waals surface area contributed by atoms with Crippen LogP contribution in [0.5, 0.6) is 0 Å². The van der Waals surface area contributed by atoms with Crippen molar-refractivity contribution in [1.29, 1.82) is 0 Å². The second-order valence-corrected chi connectivity index (χ2v) is 9.66. The molecule has 9 nitrogen and oxygen atoms in total. The average molecular weight is 468 g/mol. The van der Waals surface area contributed by atoms with Crippen molar-refractivity contribution in [3.63, 3.8) is 0 Å². The number of amides is 1. The highest BCUT2D eigenvalue weighted by Gasteiger charge is 2.33. The van der Waals surface area contributed by atoms with Crippen LogP contribution in [-0.2, 0) is 17.8 Å². The van der Waals surface area contributed by atoms with Crippen LogP contribution in [-0.4, -0.2) is 74.5 Å². The Morgan fingerprint density at radius 3 is 2.88 bits per heavy atom. The first-order chi connectivity index (χ1) is 16.6. The number of hydrogen-bond acceptors (Lipinski definition) is 6. The van der Waals surface area contributed by atoms with Crippen molar-refractivity contribution in [2.75, 3.05) is 33.4 Å². The van der Waals surface area contributed by atoms with E-state index in [1.807, 2.05) is 22.9 Å². The molecule has 0 saturated carbocycles. The summed E-state index contributed by atoms with van der Waals surface area (Å²) in [5.74, 6) is 1.30. The number of carbonyl (C=O) groups excluding carboxylic acids is 1. The highest BCUT2D eigenvalue weighted by Crippen LogP contribution is 2.23. The van der Waals surface area contributed by atoms with E-state index in [1.165, 1.54) is 0 Å². The molecule has 0 bridgehead atoms. The van der Waals surface area contributed by atoms with Crippen molar-refractivity contribution in [1.82, 2.24) is 34.5 Å². The lowest BCUT2D eigenvalue weighted by Gasteiger charge is -2.38. The molecule has 2 atom stereocenters. The Morgan fingerprint density at radius 1 is 1.26 bits per heavy atom. The van der Waals surface area contributed by atoms with Crippen LogP contribution in [0.15, 0.2) is 36.9 Å². The summed E-state index contributed by atoms with van der Waals surface area (Å²) < 4.78 is 9.20. The molecule has 4 rings (SSSR count). The predicted molar refractivity (Wildman–Crippen MR) is 132 cm³/mol. The van der Waals surface area contributed by atoms with E-state index in [0.717, 1.165) is 63.1 Å². The number of carbonyl (C=O) groups is 1. The fourth-order valence-corrected chi connectivity index (χ4v) is 4.87. The van der Waals surface area contributed by atoms with Crippen LogP contribution >= 0.6 is 0 Å². The minimum atomic E-state index is 0.0184. The van der Waals surface area contributed by atoms with Gasteiger partial charge < -0.3 is 19.5 Å². The van der Waals surface area contributed by atoms with E-state index in [1.54, 1.807) is 19.8 Å². The third kappa shape index (κ3) is 5.82. The van der Waals surface area contributed by atoms with Gasteiger partial charge in [0.05, 0.1) is 11.0 Å². The van der Waals surface area contributed by atoms with Gasteiger partial charge in [-0.1, -0.05) is 26.0 Å². The molecule has 0 spiro atoms. The van der Waals surface area contributed by atoms with E-state index in [4.69, 9.17) is 9.72 Å². The third-order valence-corrected chi connectivity index (χ3v) is 6.42. The molecule has 184 valence electrons.